The van der Waals surface area contributed by atoms with Crippen LogP contribution in [0.25, 0.3) is 0 Å². The third-order valence-electron chi connectivity index (χ3n) is 2.99. The molecule has 100 valence electrons. The van der Waals surface area contributed by atoms with E-state index < -0.39 is 6.10 Å². The second kappa shape index (κ2) is 5.83. The molecule has 2 aromatic carbocycles. The molecule has 0 aliphatic heterocycles. The SMILES string of the molecule is COc1ccc(C(O)c2ccc(Cl)cc2Cl)cc1C. The average molecular weight is 297 g/mol. The zero-order valence-electron chi connectivity index (χ0n) is 10.7. The van der Waals surface area contributed by atoms with Gasteiger partial charge in [0.1, 0.15) is 11.9 Å². The van der Waals surface area contributed by atoms with E-state index in [-0.39, 0.29) is 0 Å². The molecule has 0 radical (unpaired) electrons. The third-order valence-corrected chi connectivity index (χ3v) is 3.55. The maximum atomic E-state index is 10.4. The third kappa shape index (κ3) is 3.03. The van der Waals surface area contributed by atoms with Gasteiger partial charge in [-0.05, 0) is 42.3 Å². The molecule has 4 heteroatoms. The zero-order chi connectivity index (χ0) is 14.0. The number of benzene rings is 2. The predicted molar refractivity (Wildman–Crippen MR) is 78.3 cm³/mol. The molecule has 0 saturated heterocycles. The summed E-state index contributed by atoms with van der Waals surface area (Å²) >= 11 is 12.0. The molecule has 2 nitrogen and oxygen atoms in total. The van der Waals surface area contributed by atoms with Crippen molar-refractivity contribution < 1.29 is 9.84 Å². The van der Waals surface area contributed by atoms with Gasteiger partial charge in [0.05, 0.1) is 7.11 Å². The summed E-state index contributed by atoms with van der Waals surface area (Å²) in [5.41, 5.74) is 2.36. The molecule has 19 heavy (non-hydrogen) atoms. The van der Waals surface area contributed by atoms with Crippen LogP contribution in [0.2, 0.25) is 10.0 Å². The van der Waals surface area contributed by atoms with E-state index in [0.29, 0.717) is 15.6 Å². The van der Waals surface area contributed by atoms with Crippen molar-refractivity contribution >= 4 is 23.2 Å². The van der Waals surface area contributed by atoms with Crippen LogP contribution >= 0.6 is 23.2 Å². The summed E-state index contributed by atoms with van der Waals surface area (Å²) in [4.78, 5) is 0. The van der Waals surface area contributed by atoms with Crippen molar-refractivity contribution in [3.63, 3.8) is 0 Å². The molecule has 0 fully saturated rings. The summed E-state index contributed by atoms with van der Waals surface area (Å²) in [6, 6.07) is 10.6. The molecule has 0 aliphatic rings. The van der Waals surface area contributed by atoms with E-state index in [2.05, 4.69) is 0 Å². The maximum Gasteiger partial charge on any atom is 0.121 e. The topological polar surface area (TPSA) is 29.5 Å². The largest absolute Gasteiger partial charge is 0.496 e. The lowest BCUT2D eigenvalue weighted by atomic mass is 9.99. The number of aliphatic hydroxyl groups is 1. The summed E-state index contributed by atoms with van der Waals surface area (Å²) in [6.45, 7) is 1.93. The molecule has 0 bridgehead atoms. The van der Waals surface area contributed by atoms with Crippen molar-refractivity contribution in [2.45, 2.75) is 13.0 Å². The molecule has 0 aliphatic carbocycles. The van der Waals surface area contributed by atoms with Crippen LogP contribution in [-0.4, -0.2) is 12.2 Å². The zero-order valence-corrected chi connectivity index (χ0v) is 12.2. The minimum absolute atomic E-state index is 0.452. The van der Waals surface area contributed by atoms with E-state index >= 15 is 0 Å². The predicted octanol–water partition coefficient (Wildman–Crippen LogP) is 4.39. The highest BCUT2D eigenvalue weighted by molar-refractivity contribution is 6.35. The quantitative estimate of drug-likeness (QED) is 0.910. The van der Waals surface area contributed by atoms with Crippen LogP contribution in [-0.2, 0) is 0 Å². The van der Waals surface area contributed by atoms with Gasteiger partial charge < -0.3 is 9.84 Å². The molecule has 1 unspecified atom stereocenters. The van der Waals surface area contributed by atoms with E-state index in [4.69, 9.17) is 27.9 Å². The molecule has 0 heterocycles. The van der Waals surface area contributed by atoms with Gasteiger partial charge in [-0.3, -0.25) is 0 Å². The maximum absolute atomic E-state index is 10.4. The fourth-order valence-corrected chi connectivity index (χ4v) is 2.49. The number of hydrogen-bond donors (Lipinski definition) is 1. The summed E-state index contributed by atoms with van der Waals surface area (Å²) in [7, 11) is 1.62. The molecule has 0 amide bonds. The molecule has 1 atom stereocenters. The van der Waals surface area contributed by atoms with Crippen molar-refractivity contribution in [2.24, 2.45) is 0 Å². The Hall–Kier alpha value is -1.22. The number of hydrogen-bond acceptors (Lipinski definition) is 2. The molecule has 0 saturated carbocycles. The molecule has 2 aromatic rings. The Morgan fingerprint density at radius 2 is 1.84 bits per heavy atom. The van der Waals surface area contributed by atoms with Crippen LogP contribution in [0, 0.1) is 6.92 Å². The minimum atomic E-state index is -0.783. The van der Waals surface area contributed by atoms with Gasteiger partial charge in [-0.25, -0.2) is 0 Å². The number of ether oxygens (including phenoxy) is 1. The highest BCUT2D eigenvalue weighted by atomic mass is 35.5. The Kier molecular flexibility index (Phi) is 4.35. The van der Waals surface area contributed by atoms with Gasteiger partial charge in [-0.2, -0.15) is 0 Å². The van der Waals surface area contributed by atoms with Crippen molar-refractivity contribution in [1.29, 1.82) is 0 Å². The number of aliphatic hydroxyl groups excluding tert-OH is 1. The number of halogens is 2. The lowest BCUT2D eigenvalue weighted by molar-refractivity contribution is 0.220. The van der Waals surface area contributed by atoms with Gasteiger partial charge in [0.25, 0.3) is 0 Å². The monoisotopic (exact) mass is 296 g/mol. The fraction of sp³-hybridized carbons (Fsp3) is 0.200. The summed E-state index contributed by atoms with van der Waals surface area (Å²) in [5, 5.41) is 11.4. The second-order valence-electron chi connectivity index (χ2n) is 4.30. The normalized spacial score (nSPS) is 12.3. The van der Waals surface area contributed by atoms with E-state index in [1.807, 2.05) is 25.1 Å². The first-order chi connectivity index (χ1) is 9.02. The van der Waals surface area contributed by atoms with Crippen LogP contribution in [0.4, 0.5) is 0 Å². The first-order valence-corrected chi connectivity index (χ1v) is 6.56. The highest BCUT2D eigenvalue weighted by Gasteiger charge is 2.15. The molecular formula is C15H14Cl2O2. The van der Waals surface area contributed by atoms with E-state index in [1.165, 1.54) is 0 Å². The smallest absolute Gasteiger partial charge is 0.121 e. The van der Waals surface area contributed by atoms with Gasteiger partial charge in [0.15, 0.2) is 0 Å². The Morgan fingerprint density at radius 1 is 1.11 bits per heavy atom. The average Bonchev–Trinajstić information content (AvgIpc) is 2.38. The summed E-state index contributed by atoms with van der Waals surface area (Å²) in [5.74, 6) is 0.790. The molecule has 0 aromatic heterocycles. The van der Waals surface area contributed by atoms with Crippen molar-refractivity contribution in [1.82, 2.24) is 0 Å². The van der Waals surface area contributed by atoms with E-state index in [9.17, 15) is 5.11 Å². The van der Waals surface area contributed by atoms with Crippen LogP contribution in [0.1, 0.15) is 22.8 Å². The fourth-order valence-electron chi connectivity index (χ4n) is 1.97. The van der Waals surface area contributed by atoms with Crippen LogP contribution < -0.4 is 4.74 Å². The van der Waals surface area contributed by atoms with E-state index in [1.54, 1.807) is 25.3 Å². The molecule has 1 N–H and O–H groups in total. The van der Waals surface area contributed by atoms with Crippen LogP contribution in [0.3, 0.4) is 0 Å². The van der Waals surface area contributed by atoms with Crippen LogP contribution in [0.5, 0.6) is 5.75 Å². The van der Waals surface area contributed by atoms with Crippen molar-refractivity contribution in [3.05, 3.63) is 63.1 Å². The van der Waals surface area contributed by atoms with Gasteiger partial charge in [-0.1, -0.05) is 35.3 Å². The van der Waals surface area contributed by atoms with Crippen molar-refractivity contribution in [3.8, 4) is 5.75 Å². The van der Waals surface area contributed by atoms with Gasteiger partial charge in [-0.15, -0.1) is 0 Å². The Bertz CT molecular complexity index is 597. The molecule has 2 rings (SSSR count). The summed E-state index contributed by atoms with van der Waals surface area (Å²) in [6.07, 6.45) is -0.783. The standard InChI is InChI=1S/C15H14Cl2O2/c1-9-7-10(3-6-14(9)19-2)15(18)12-5-4-11(16)8-13(12)17/h3-8,15,18H,1-2H3. The van der Waals surface area contributed by atoms with Crippen LogP contribution in [0.15, 0.2) is 36.4 Å². The first-order valence-electron chi connectivity index (χ1n) is 5.80. The van der Waals surface area contributed by atoms with E-state index in [0.717, 1.165) is 16.9 Å². The molecular weight excluding hydrogens is 283 g/mol. The minimum Gasteiger partial charge on any atom is -0.496 e. The Morgan fingerprint density at radius 3 is 2.42 bits per heavy atom. The highest BCUT2D eigenvalue weighted by Crippen LogP contribution is 2.32. The molecule has 0 spiro atoms. The van der Waals surface area contributed by atoms with Gasteiger partial charge in [0.2, 0.25) is 0 Å². The second-order valence-corrected chi connectivity index (χ2v) is 5.14. The lowest BCUT2D eigenvalue weighted by Crippen LogP contribution is -2.01. The number of methoxy groups -OCH3 is 1. The first kappa shape index (κ1) is 14.2. The number of rotatable bonds is 3. The van der Waals surface area contributed by atoms with Gasteiger partial charge >= 0.3 is 0 Å². The number of aryl methyl sites for hydroxylation is 1. The Balaban J connectivity index is 2.38. The van der Waals surface area contributed by atoms with Gasteiger partial charge in [0, 0.05) is 15.6 Å². The lowest BCUT2D eigenvalue weighted by Gasteiger charge is -2.15. The summed E-state index contributed by atoms with van der Waals surface area (Å²) < 4.78 is 5.20. The van der Waals surface area contributed by atoms with Crippen molar-refractivity contribution in [2.75, 3.05) is 7.11 Å². The Labute approximate surface area is 122 Å².